The lowest BCUT2D eigenvalue weighted by atomic mass is 10.00. The summed E-state index contributed by atoms with van der Waals surface area (Å²) in [6.07, 6.45) is -0.779. The van der Waals surface area contributed by atoms with Gasteiger partial charge in [-0.15, -0.1) is 0 Å². The molecule has 2 unspecified atom stereocenters. The predicted molar refractivity (Wildman–Crippen MR) is 109 cm³/mol. The maximum absolute atomic E-state index is 13.1. The standard InChI is InChI=1S/C22H21O4P/c1-24-18-13-17(14-19(25-2)22(18)27)26-21(16-11-7-4-8-12-16)20(23)15-9-5-3-6-10-15/h3-14,21H,27H2,1-2H3. The SMILES string of the molecule is COc1cc(OC(C(=O)c2ccccc2)c2ccccc2)cc(OC)c1P. The molecule has 2 atom stereocenters. The maximum atomic E-state index is 13.1. The summed E-state index contributed by atoms with van der Waals surface area (Å²) in [5, 5.41) is 0.790. The van der Waals surface area contributed by atoms with Crippen LogP contribution in [0, 0.1) is 0 Å². The molecule has 0 amide bonds. The zero-order chi connectivity index (χ0) is 19.2. The van der Waals surface area contributed by atoms with Gasteiger partial charge in [-0.1, -0.05) is 69.9 Å². The Morgan fingerprint density at radius 1 is 0.852 bits per heavy atom. The van der Waals surface area contributed by atoms with E-state index in [-0.39, 0.29) is 5.78 Å². The minimum Gasteiger partial charge on any atom is -0.496 e. The fourth-order valence-electron chi connectivity index (χ4n) is 2.77. The third-order valence-electron chi connectivity index (χ3n) is 4.17. The summed E-state index contributed by atoms with van der Waals surface area (Å²) in [7, 11) is 5.75. The van der Waals surface area contributed by atoms with Crippen molar-refractivity contribution in [3.63, 3.8) is 0 Å². The molecule has 27 heavy (non-hydrogen) atoms. The maximum Gasteiger partial charge on any atom is 0.207 e. The van der Waals surface area contributed by atoms with Crippen molar-refractivity contribution < 1.29 is 19.0 Å². The quantitative estimate of drug-likeness (QED) is 0.455. The number of Topliss-reactive ketones (excluding diaryl/α,β-unsaturated/α-hetero) is 1. The Hall–Kier alpha value is -2.84. The van der Waals surface area contributed by atoms with Crippen LogP contribution in [0.4, 0.5) is 0 Å². The first-order valence-electron chi connectivity index (χ1n) is 8.46. The van der Waals surface area contributed by atoms with Gasteiger partial charge in [-0.25, -0.2) is 0 Å². The Morgan fingerprint density at radius 2 is 1.37 bits per heavy atom. The summed E-state index contributed by atoms with van der Waals surface area (Å²) in [6.45, 7) is 0. The van der Waals surface area contributed by atoms with E-state index in [1.165, 1.54) is 0 Å². The summed E-state index contributed by atoms with van der Waals surface area (Å²) in [5.74, 6) is 1.59. The first kappa shape index (κ1) is 18.9. The molecule has 0 radical (unpaired) electrons. The van der Waals surface area contributed by atoms with Crippen molar-refractivity contribution in [3.05, 3.63) is 83.9 Å². The van der Waals surface area contributed by atoms with Crippen LogP contribution in [0.2, 0.25) is 0 Å². The fourth-order valence-corrected chi connectivity index (χ4v) is 3.18. The average Bonchev–Trinajstić information content (AvgIpc) is 2.73. The average molecular weight is 380 g/mol. The van der Waals surface area contributed by atoms with E-state index in [1.54, 1.807) is 38.5 Å². The van der Waals surface area contributed by atoms with Crippen LogP contribution < -0.4 is 19.5 Å². The summed E-state index contributed by atoms with van der Waals surface area (Å²) in [4.78, 5) is 13.1. The van der Waals surface area contributed by atoms with E-state index < -0.39 is 6.10 Å². The van der Waals surface area contributed by atoms with Crippen LogP contribution >= 0.6 is 9.24 Å². The molecule has 0 aromatic heterocycles. The number of rotatable bonds is 7. The molecule has 0 aliphatic rings. The predicted octanol–water partition coefficient (Wildman–Crippen LogP) is 4.21. The summed E-state index contributed by atoms with van der Waals surface area (Å²) in [6, 6.07) is 22.1. The van der Waals surface area contributed by atoms with Crippen LogP contribution in [-0.4, -0.2) is 20.0 Å². The van der Waals surface area contributed by atoms with Gasteiger partial charge in [0.1, 0.15) is 17.2 Å². The zero-order valence-corrected chi connectivity index (χ0v) is 16.4. The number of methoxy groups -OCH3 is 2. The van der Waals surface area contributed by atoms with E-state index in [0.29, 0.717) is 22.8 Å². The number of benzene rings is 3. The summed E-state index contributed by atoms with van der Waals surface area (Å²) in [5.41, 5.74) is 1.37. The molecule has 5 heteroatoms. The van der Waals surface area contributed by atoms with E-state index in [0.717, 1.165) is 10.9 Å². The monoisotopic (exact) mass is 380 g/mol. The van der Waals surface area contributed by atoms with Crippen molar-refractivity contribution in [2.24, 2.45) is 0 Å². The van der Waals surface area contributed by atoms with Gasteiger partial charge < -0.3 is 14.2 Å². The minimum atomic E-state index is -0.779. The molecule has 0 saturated heterocycles. The molecule has 0 N–H and O–H groups in total. The van der Waals surface area contributed by atoms with Crippen molar-refractivity contribution in [2.75, 3.05) is 14.2 Å². The molecule has 0 fully saturated rings. The van der Waals surface area contributed by atoms with Crippen LogP contribution in [0.1, 0.15) is 22.0 Å². The molecule has 0 aliphatic carbocycles. The molecule has 3 aromatic carbocycles. The molecule has 0 saturated carbocycles. The number of hydrogen-bond acceptors (Lipinski definition) is 4. The van der Waals surface area contributed by atoms with Gasteiger partial charge in [-0.2, -0.15) is 0 Å². The van der Waals surface area contributed by atoms with Crippen LogP contribution in [0.5, 0.6) is 17.2 Å². The topological polar surface area (TPSA) is 44.8 Å². The van der Waals surface area contributed by atoms with Crippen LogP contribution in [0.3, 0.4) is 0 Å². The van der Waals surface area contributed by atoms with Gasteiger partial charge in [0.15, 0.2) is 6.10 Å². The third kappa shape index (κ3) is 4.29. The molecule has 0 aliphatic heterocycles. The van der Waals surface area contributed by atoms with Gasteiger partial charge in [0, 0.05) is 23.3 Å². The zero-order valence-electron chi connectivity index (χ0n) is 15.2. The van der Waals surface area contributed by atoms with E-state index in [1.807, 2.05) is 48.5 Å². The number of hydrogen-bond donors (Lipinski definition) is 0. The number of carbonyl (C=O) groups excluding carboxylic acids is 1. The Balaban J connectivity index is 2.01. The number of carbonyl (C=O) groups is 1. The Kier molecular flexibility index (Phi) is 6.10. The highest BCUT2D eigenvalue weighted by Crippen LogP contribution is 2.32. The van der Waals surface area contributed by atoms with E-state index >= 15 is 0 Å². The van der Waals surface area contributed by atoms with Gasteiger partial charge in [-0.3, -0.25) is 4.79 Å². The first-order chi connectivity index (χ1) is 13.1. The third-order valence-corrected chi connectivity index (χ3v) is 4.74. The van der Waals surface area contributed by atoms with Crippen molar-refractivity contribution in [1.29, 1.82) is 0 Å². The highest BCUT2D eigenvalue weighted by atomic mass is 31.0. The van der Waals surface area contributed by atoms with Crippen LogP contribution in [0.25, 0.3) is 0 Å². The second-order valence-electron chi connectivity index (χ2n) is 5.88. The Morgan fingerprint density at radius 3 is 1.89 bits per heavy atom. The fraction of sp³-hybridized carbons (Fsp3) is 0.136. The summed E-state index contributed by atoms with van der Waals surface area (Å²) < 4.78 is 16.9. The lowest BCUT2D eigenvalue weighted by Gasteiger charge is -2.20. The molecule has 0 spiro atoms. The Labute approximate surface area is 161 Å². The van der Waals surface area contributed by atoms with E-state index in [4.69, 9.17) is 14.2 Å². The van der Waals surface area contributed by atoms with E-state index in [2.05, 4.69) is 9.24 Å². The highest BCUT2D eigenvalue weighted by molar-refractivity contribution is 7.28. The lowest BCUT2D eigenvalue weighted by Crippen LogP contribution is -2.19. The van der Waals surface area contributed by atoms with Crippen molar-refractivity contribution in [3.8, 4) is 17.2 Å². The first-order valence-corrected chi connectivity index (χ1v) is 9.04. The molecule has 3 rings (SSSR count). The molecule has 0 bridgehead atoms. The van der Waals surface area contributed by atoms with Crippen molar-refractivity contribution >= 4 is 20.3 Å². The van der Waals surface area contributed by atoms with Gasteiger partial charge in [0.05, 0.1) is 19.5 Å². The normalized spacial score (nSPS) is 11.5. The van der Waals surface area contributed by atoms with Crippen LogP contribution in [-0.2, 0) is 0 Å². The second-order valence-corrected chi connectivity index (χ2v) is 6.46. The van der Waals surface area contributed by atoms with Crippen LogP contribution in [0.15, 0.2) is 72.8 Å². The molecule has 3 aromatic rings. The molecular weight excluding hydrogens is 359 g/mol. The largest absolute Gasteiger partial charge is 0.496 e. The van der Waals surface area contributed by atoms with Gasteiger partial charge in [-0.05, 0) is 0 Å². The Bertz CT molecular complexity index is 885. The molecular formula is C22H21O4P. The second kappa shape index (κ2) is 8.70. The number of ether oxygens (including phenoxy) is 3. The van der Waals surface area contributed by atoms with Crippen molar-refractivity contribution in [2.45, 2.75) is 6.10 Å². The lowest BCUT2D eigenvalue weighted by molar-refractivity contribution is 0.0791. The summed E-state index contributed by atoms with van der Waals surface area (Å²) >= 11 is 0. The van der Waals surface area contributed by atoms with E-state index in [9.17, 15) is 4.79 Å². The molecule has 138 valence electrons. The number of ketones is 1. The highest BCUT2D eigenvalue weighted by Gasteiger charge is 2.25. The minimum absolute atomic E-state index is 0.116. The van der Waals surface area contributed by atoms with Gasteiger partial charge in [0.2, 0.25) is 5.78 Å². The molecule has 0 heterocycles. The smallest absolute Gasteiger partial charge is 0.207 e. The van der Waals surface area contributed by atoms with Gasteiger partial charge >= 0.3 is 0 Å². The van der Waals surface area contributed by atoms with Gasteiger partial charge in [0.25, 0.3) is 0 Å². The molecule has 4 nitrogen and oxygen atoms in total. The van der Waals surface area contributed by atoms with Crippen molar-refractivity contribution in [1.82, 2.24) is 0 Å².